The van der Waals surface area contributed by atoms with Gasteiger partial charge in [0.15, 0.2) is 11.5 Å². The van der Waals surface area contributed by atoms with Crippen LogP contribution in [0.2, 0.25) is 0 Å². The topological polar surface area (TPSA) is 60.0 Å². The second kappa shape index (κ2) is 10.9. The minimum atomic E-state index is -4.92. The Balaban J connectivity index is 1.94. The molecule has 198 valence electrons. The van der Waals surface area contributed by atoms with Crippen LogP contribution in [-0.2, 0) is 28.4 Å². The van der Waals surface area contributed by atoms with Crippen molar-refractivity contribution >= 4 is 12.2 Å². The third-order valence-electron chi connectivity index (χ3n) is 6.01. The van der Waals surface area contributed by atoms with E-state index in [1.807, 2.05) is 11.8 Å². The van der Waals surface area contributed by atoms with Crippen molar-refractivity contribution in [3.8, 4) is 11.5 Å². The fraction of sp³-hybridized carbons (Fsp3) is 0.458. The first-order chi connectivity index (χ1) is 16.9. The number of rotatable bonds is 9. The maximum absolute atomic E-state index is 13.2. The van der Waals surface area contributed by atoms with E-state index >= 15 is 0 Å². The van der Waals surface area contributed by atoms with Crippen molar-refractivity contribution in [1.29, 1.82) is 0 Å². The molecule has 0 aliphatic carbocycles. The summed E-state index contributed by atoms with van der Waals surface area (Å²) in [5, 5.41) is 3.10. The standard InChI is InChI=1S/C24H26F6N2O4/c1-14(12-36-13-33)32-5-4-19(18-9-21(34-2)22(35-3)10-20(18)32)31-11-15-6-16(23(25,26)27)8-17(7-15)24(28,29)30/h6-10,13-14,19,31H,4-5,11-12H2,1-3H3. The quantitative estimate of drug-likeness (QED) is 0.356. The largest absolute Gasteiger partial charge is 0.493 e. The minimum Gasteiger partial charge on any atom is -0.493 e. The molecule has 0 amide bonds. The molecule has 1 aliphatic rings. The van der Waals surface area contributed by atoms with Crippen LogP contribution in [0, 0.1) is 0 Å². The van der Waals surface area contributed by atoms with Gasteiger partial charge in [-0.05, 0) is 48.7 Å². The number of alkyl halides is 6. The molecule has 0 fully saturated rings. The van der Waals surface area contributed by atoms with E-state index < -0.39 is 29.5 Å². The average molecular weight is 520 g/mol. The summed E-state index contributed by atoms with van der Waals surface area (Å²) < 4.78 is 95.1. The van der Waals surface area contributed by atoms with Crippen LogP contribution in [0.3, 0.4) is 0 Å². The predicted octanol–water partition coefficient (Wildman–Crippen LogP) is 5.34. The number of methoxy groups -OCH3 is 2. The first-order valence-electron chi connectivity index (χ1n) is 11.0. The monoisotopic (exact) mass is 520 g/mol. The lowest BCUT2D eigenvalue weighted by molar-refractivity contribution is -0.143. The van der Waals surface area contributed by atoms with Gasteiger partial charge in [-0.1, -0.05) is 0 Å². The first-order valence-corrected chi connectivity index (χ1v) is 11.0. The molecule has 0 bridgehead atoms. The Morgan fingerprint density at radius 1 is 1.00 bits per heavy atom. The van der Waals surface area contributed by atoms with Crippen LogP contribution in [0.4, 0.5) is 32.0 Å². The predicted molar refractivity (Wildman–Crippen MR) is 119 cm³/mol. The van der Waals surface area contributed by atoms with E-state index in [0.29, 0.717) is 43.1 Å². The highest BCUT2D eigenvalue weighted by molar-refractivity contribution is 5.65. The number of nitrogens with one attached hydrogen (secondary N) is 1. The number of benzene rings is 2. The van der Waals surface area contributed by atoms with Gasteiger partial charge >= 0.3 is 12.4 Å². The Hall–Kier alpha value is -3.15. The van der Waals surface area contributed by atoms with Gasteiger partial charge in [-0.3, -0.25) is 4.79 Å². The summed E-state index contributed by atoms with van der Waals surface area (Å²) in [4.78, 5) is 12.6. The van der Waals surface area contributed by atoms with Gasteiger partial charge in [0, 0.05) is 30.9 Å². The molecule has 0 spiro atoms. The van der Waals surface area contributed by atoms with E-state index in [-0.39, 0.29) is 30.8 Å². The SMILES string of the molecule is COc1cc2c(cc1OC)N(C(C)COC=O)CCC2NCc1cc(C(F)(F)F)cc(C(F)(F)F)c1. The van der Waals surface area contributed by atoms with Gasteiger partial charge in [-0.15, -0.1) is 0 Å². The Bertz CT molecular complexity index is 1040. The molecule has 2 aromatic rings. The number of nitrogens with zero attached hydrogens (tertiary/aromatic N) is 1. The van der Waals surface area contributed by atoms with Gasteiger partial charge in [0.25, 0.3) is 6.47 Å². The fourth-order valence-electron chi connectivity index (χ4n) is 4.26. The maximum Gasteiger partial charge on any atom is 0.416 e. The normalized spacial score (nSPS) is 16.8. The third kappa shape index (κ3) is 6.15. The molecule has 12 heteroatoms. The zero-order valence-electron chi connectivity index (χ0n) is 19.8. The maximum atomic E-state index is 13.2. The lowest BCUT2D eigenvalue weighted by atomic mass is 9.94. The minimum absolute atomic E-state index is 0.108. The van der Waals surface area contributed by atoms with E-state index in [0.717, 1.165) is 11.3 Å². The number of hydrogen-bond donors (Lipinski definition) is 1. The van der Waals surface area contributed by atoms with Crippen molar-refractivity contribution in [2.45, 2.75) is 44.3 Å². The average Bonchev–Trinajstić information content (AvgIpc) is 2.83. The summed E-state index contributed by atoms with van der Waals surface area (Å²) in [6.07, 6.45) is -9.35. The number of carbonyl (C=O) groups is 1. The molecule has 1 aliphatic heterocycles. The number of hydrogen-bond acceptors (Lipinski definition) is 6. The van der Waals surface area contributed by atoms with Gasteiger partial charge in [0.05, 0.1) is 31.4 Å². The number of fused-ring (bicyclic) bond motifs is 1. The highest BCUT2D eigenvalue weighted by Crippen LogP contribution is 2.43. The van der Waals surface area contributed by atoms with Gasteiger partial charge in [-0.2, -0.15) is 26.3 Å². The van der Waals surface area contributed by atoms with E-state index in [9.17, 15) is 31.1 Å². The Labute approximate surface area is 204 Å². The Morgan fingerprint density at radius 2 is 1.58 bits per heavy atom. The summed E-state index contributed by atoms with van der Waals surface area (Å²) in [6.45, 7) is 2.60. The van der Waals surface area contributed by atoms with Crippen molar-refractivity contribution in [3.63, 3.8) is 0 Å². The van der Waals surface area contributed by atoms with Gasteiger partial charge in [0.1, 0.15) is 6.61 Å². The van der Waals surface area contributed by atoms with Gasteiger partial charge in [-0.25, -0.2) is 0 Å². The Kier molecular flexibility index (Phi) is 8.27. The number of ether oxygens (including phenoxy) is 3. The van der Waals surface area contributed by atoms with Crippen LogP contribution >= 0.6 is 0 Å². The summed E-state index contributed by atoms with van der Waals surface area (Å²) >= 11 is 0. The molecule has 2 unspecified atom stereocenters. The van der Waals surface area contributed by atoms with E-state index in [1.165, 1.54) is 14.2 Å². The lowest BCUT2D eigenvalue weighted by Gasteiger charge is -2.40. The zero-order chi connectivity index (χ0) is 26.7. The molecular weight excluding hydrogens is 494 g/mol. The summed E-state index contributed by atoms with van der Waals surface area (Å²) in [6, 6.07) is 4.39. The van der Waals surface area contributed by atoms with Crippen LogP contribution in [0.5, 0.6) is 11.5 Å². The molecule has 36 heavy (non-hydrogen) atoms. The molecule has 2 aromatic carbocycles. The van der Waals surface area contributed by atoms with Crippen LogP contribution in [-0.4, -0.2) is 39.9 Å². The fourth-order valence-corrected chi connectivity index (χ4v) is 4.26. The molecule has 0 aromatic heterocycles. The molecule has 1 N–H and O–H groups in total. The summed E-state index contributed by atoms with van der Waals surface area (Å²) in [7, 11) is 2.92. The molecule has 6 nitrogen and oxygen atoms in total. The molecule has 0 radical (unpaired) electrons. The van der Waals surface area contributed by atoms with Crippen molar-refractivity contribution in [2.75, 3.05) is 32.3 Å². The van der Waals surface area contributed by atoms with Crippen LogP contribution in [0.25, 0.3) is 0 Å². The second-order valence-electron chi connectivity index (χ2n) is 8.37. The van der Waals surface area contributed by atoms with E-state index in [4.69, 9.17) is 14.2 Å². The highest BCUT2D eigenvalue weighted by Gasteiger charge is 2.37. The van der Waals surface area contributed by atoms with E-state index in [1.54, 1.807) is 12.1 Å². The first kappa shape index (κ1) is 27.4. The molecular formula is C24H26F6N2O4. The molecule has 2 atom stereocenters. The molecule has 0 saturated carbocycles. The molecule has 0 saturated heterocycles. The second-order valence-corrected chi connectivity index (χ2v) is 8.37. The lowest BCUT2D eigenvalue weighted by Crippen LogP contribution is -2.43. The highest BCUT2D eigenvalue weighted by atomic mass is 19.4. The van der Waals surface area contributed by atoms with Crippen molar-refractivity contribution < 1.29 is 45.3 Å². The number of carbonyl (C=O) groups excluding carboxylic acids is 1. The number of anilines is 1. The molecule has 3 rings (SSSR count). The van der Waals surface area contributed by atoms with Crippen molar-refractivity contribution in [1.82, 2.24) is 5.32 Å². The summed E-state index contributed by atoms with van der Waals surface area (Å²) in [5.41, 5.74) is -1.42. The van der Waals surface area contributed by atoms with Gasteiger partial charge < -0.3 is 24.4 Å². The number of halogens is 6. The van der Waals surface area contributed by atoms with Crippen LogP contribution in [0.1, 0.15) is 41.6 Å². The van der Waals surface area contributed by atoms with Crippen molar-refractivity contribution in [3.05, 3.63) is 52.6 Å². The summed E-state index contributed by atoms with van der Waals surface area (Å²) in [5.74, 6) is 0.859. The van der Waals surface area contributed by atoms with Crippen LogP contribution < -0.4 is 19.7 Å². The van der Waals surface area contributed by atoms with Crippen LogP contribution in [0.15, 0.2) is 30.3 Å². The van der Waals surface area contributed by atoms with E-state index in [2.05, 4.69) is 5.32 Å². The Morgan fingerprint density at radius 3 is 2.11 bits per heavy atom. The van der Waals surface area contributed by atoms with Crippen molar-refractivity contribution in [2.24, 2.45) is 0 Å². The van der Waals surface area contributed by atoms with Gasteiger partial charge in [0.2, 0.25) is 0 Å². The molecule has 1 heterocycles. The smallest absolute Gasteiger partial charge is 0.416 e. The third-order valence-corrected chi connectivity index (χ3v) is 6.01. The zero-order valence-corrected chi connectivity index (χ0v) is 19.8.